The Kier molecular flexibility index (Phi) is 6.73. The van der Waals surface area contributed by atoms with E-state index < -0.39 is 18.5 Å². The van der Waals surface area contributed by atoms with Crippen molar-refractivity contribution in [3.63, 3.8) is 0 Å². The minimum absolute atomic E-state index is 0.0317. The van der Waals surface area contributed by atoms with Crippen LogP contribution in [0.25, 0.3) is 10.8 Å². The van der Waals surface area contributed by atoms with Gasteiger partial charge in [-0.2, -0.15) is 5.10 Å². The molecular weight excluding hydrogens is 370 g/mol. The first-order chi connectivity index (χ1) is 14.1. The van der Waals surface area contributed by atoms with Crippen molar-refractivity contribution in [3.8, 4) is 0 Å². The minimum Gasteiger partial charge on any atom is -0.451 e. The largest absolute Gasteiger partial charge is 0.451 e. The summed E-state index contributed by atoms with van der Waals surface area (Å²) < 4.78 is 6.47. The first-order valence-corrected chi connectivity index (χ1v) is 9.62. The van der Waals surface area contributed by atoms with Crippen LogP contribution in [0.15, 0.2) is 59.4 Å². The van der Waals surface area contributed by atoms with Gasteiger partial charge >= 0.3 is 5.97 Å². The van der Waals surface area contributed by atoms with Gasteiger partial charge in [0.25, 0.3) is 11.5 Å². The molecule has 1 heterocycles. The van der Waals surface area contributed by atoms with Gasteiger partial charge in [0.15, 0.2) is 12.3 Å². The Labute approximate surface area is 168 Å². The van der Waals surface area contributed by atoms with Gasteiger partial charge in [0.1, 0.15) is 0 Å². The number of amides is 1. The number of rotatable bonds is 8. The molecule has 7 heteroatoms. The number of unbranched alkanes of at least 4 members (excludes halogenated alkanes) is 2. The van der Waals surface area contributed by atoms with E-state index in [0.29, 0.717) is 23.0 Å². The number of hydrogen-bond donors (Lipinski definition) is 1. The summed E-state index contributed by atoms with van der Waals surface area (Å²) in [6, 6.07) is 15.7. The van der Waals surface area contributed by atoms with Gasteiger partial charge in [0.2, 0.25) is 0 Å². The molecule has 0 aliphatic heterocycles. The van der Waals surface area contributed by atoms with Gasteiger partial charge in [-0.15, -0.1) is 0 Å². The summed E-state index contributed by atoms with van der Waals surface area (Å²) in [6.07, 6.45) is 2.75. The smallest absolute Gasteiger partial charge is 0.359 e. The molecule has 2 aromatic carbocycles. The number of carbonyl (C=O) groups excluding carboxylic acids is 2. The molecule has 150 valence electrons. The molecule has 3 aromatic rings. The van der Waals surface area contributed by atoms with Gasteiger partial charge in [0, 0.05) is 17.6 Å². The number of nitrogens with one attached hydrogen (secondary N) is 1. The van der Waals surface area contributed by atoms with E-state index in [4.69, 9.17) is 4.74 Å². The molecule has 29 heavy (non-hydrogen) atoms. The molecule has 1 amide bonds. The number of anilines is 1. The van der Waals surface area contributed by atoms with Gasteiger partial charge in [-0.3, -0.25) is 9.59 Å². The summed E-state index contributed by atoms with van der Waals surface area (Å²) in [6.45, 7) is 2.05. The molecule has 0 unspecified atom stereocenters. The summed E-state index contributed by atoms with van der Waals surface area (Å²) in [7, 11) is 0. The molecule has 0 bridgehead atoms. The predicted molar refractivity (Wildman–Crippen MR) is 111 cm³/mol. The molecule has 1 N–H and O–H groups in total. The molecule has 0 spiro atoms. The van der Waals surface area contributed by atoms with Gasteiger partial charge in [-0.25, -0.2) is 9.48 Å². The monoisotopic (exact) mass is 393 g/mol. The number of esters is 1. The van der Waals surface area contributed by atoms with E-state index in [9.17, 15) is 14.4 Å². The van der Waals surface area contributed by atoms with Crippen LogP contribution in [-0.2, 0) is 16.1 Å². The Morgan fingerprint density at radius 1 is 1.00 bits per heavy atom. The molecule has 3 rings (SSSR count). The summed E-state index contributed by atoms with van der Waals surface area (Å²) >= 11 is 0. The van der Waals surface area contributed by atoms with E-state index in [2.05, 4.69) is 17.3 Å². The Morgan fingerprint density at radius 3 is 2.41 bits per heavy atom. The quantitative estimate of drug-likeness (QED) is 0.468. The highest BCUT2D eigenvalue weighted by Crippen LogP contribution is 2.15. The topological polar surface area (TPSA) is 90.3 Å². The van der Waals surface area contributed by atoms with E-state index in [1.165, 1.54) is 4.68 Å². The van der Waals surface area contributed by atoms with Crippen molar-refractivity contribution < 1.29 is 14.3 Å². The summed E-state index contributed by atoms with van der Waals surface area (Å²) in [5.41, 5.74) is 0.404. The second kappa shape index (κ2) is 9.64. The Morgan fingerprint density at radius 2 is 1.69 bits per heavy atom. The third-order valence-electron chi connectivity index (χ3n) is 4.43. The first kappa shape index (κ1) is 20.3. The Balaban J connectivity index is 1.78. The fourth-order valence-electron chi connectivity index (χ4n) is 2.97. The molecule has 1 aromatic heterocycles. The normalized spacial score (nSPS) is 10.7. The number of aryl methyl sites for hydroxylation is 1. The molecule has 0 aliphatic rings. The van der Waals surface area contributed by atoms with E-state index in [1.807, 2.05) is 6.07 Å². The number of aromatic nitrogens is 2. The number of para-hydroxylation sites is 1. The lowest BCUT2D eigenvalue weighted by molar-refractivity contribution is -0.119. The zero-order valence-corrected chi connectivity index (χ0v) is 16.3. The standard InChI is InChI=1S/C22H23N3O4/c1-2-3-9-14-25-21(27)18-13-8-7-12-17(18)20(24-25)22(28)29-15-19(26)23-16-10-5-4-6-11-16/h4-8,10-13H,2-3,9,14-15H2,1H3,(H,23,26). The zero-order chi connectivity index (χ0) is 20.6. The van der Waals surface area contributed by atoms with Gasteiger partial charge in [-0.1, -0.05) is 56.2 Å². The van der Waals surface area contributed by atoms with Crippen molar-refractivity contribution in [1.29, 1.82) is 0 Å². The van der Waals surface area contributed by atoms with Crippen LogP contribution < -0.4 is 10.9 Å². The number of carbonyl (C=O) groups is 2. The highest BCUT2D eigenvalue weighted by Gasteiger charge is 2.19. The Hall–Kier alpha value is -3.48. The van der Waals surface area contributed by atoms with Crippen LogP contribution in [0.3, 0.4) is 0 Å². The summed E-state index contributed by atoms with van der Waals surface area (Å²) in [4.78, 5) is 37.3. The highest BCUT2D eigenvalue weighted by molar-refractivity contribution is 6.03. The molecule has 7 nitrogen and oxygen atoms in total. The second-order valence-electron chi connectivity index (χ2n) is 6.62. The number of nitrogens with zero attached hydrogens (tertiary/aromatic N) is 2. The number of ether oxygens (including phenoxy) is 1. The lowest BCUT2D eigenvalue weighted by atomic mass is 10.1. The van der Waals surface area contributed by atoms with Crippen LogP contribution in [0.2, 0.25) is 0 Å². The molecule has 0 fully saturated rings. The maximum Gasteiger partial charge on any atom is 0.359 e. The van der Waals surface area contributed by atoms with Crippen molar-refractivity contribution in [2.75, 3.05) is 11.9 Å². The van der Waals surface area contributed by atoms with Crippen molar-refractivity contribution in [2.24, 2.45) is 0 Å². The van der Waals surface area contributed by atoms with E-state index in [1.54, 1.807) is 48.5 Å². The average molecular weight is 393 g/mol. The lowest BCUT2D eigenvalue weighted by Gasteiger charge is -2.11. The molecular formula is C22H23N3O4. The van der Waals surface area contributed by atoms with Crippen LogP contribution >= 0.6 is 0 Å². The average Bonchev–Trinajstić information content (AvgIpc) is 2.74. The maximum atomic E-state index is 12.7. The molecule has 0 saturated carbocycles. The second-order valence-corrected chi connectivity index (χ2v) is 6.62. The van der Waals surface area contributed by atoms with Crippen LogP contribution in [0.4, 0.5) is 5.69 Å². The van der Waals surface area contributed by atoms with Gasteiger partial charge < -0.3 is 10.1 Å². The number of benzene rings is 2. The SMILES string of the molecule is CCCCCn1nc(C(=O)OCC(=O)Nc2ccccc2)c2ccccc2c1=O. The fraction of sp³-hybridized carbons (Fsp3) is 0.273. The first-order valence-electron chi connectivity index (χ1n) is 9.62. The van der Waals surface area contributed by atoms with Crippen LogP contribution in [0.5, 0.6) is 0 Å². The lowest BCUT2D eigenvalue weighted by Crippen LogP contribution is -2.28. The third kappa shape index (κ3) is 5.07. The van der Waals surface area contributed by atoms with Crippen LogP contribution in [0, 0.1) is 0 Å². The fourth-order valence-corrected chi connectivity index (χ4v) is 2.97. The highest BCUT2D eigenvalue weighted by atomic mass is 16.5. The van der Waals surface area contributed by atoms with Gasteiger partial charge in [0.05, 0.1) is 5.39 Å². The maximum absolute atomic E-state index is 12.7. The van der Waals surface area contributed by atoms with Crippen LogP contribution in [0.1, 0.15) is 36.7 Å². The van der Waals surface area contributed by atoms with Crippen molar-refractivity contribution in [2.45, 2.75) is 32.7 Å². The van der Waals surface area contributed by atoms with Crippen molar-refractivity contribution >= 4 is 28.3 Å². The van der Waals surface area contributed by atoms with E-state index in [-0.39, 0.29) is 11.3 Å². The molecule has 0 atom stereocenters. The van der Waals surface area contributed by atoms with Crippen LogP contribution in [-0.4, -0.2) is 28.3 Å². The number of hydrogen-bond acceptors (Lipinski definition) is 5. The third-order valence-corrected chi connectivity index (χ3v) is 4.43. The van der Waals surface area contributed by atoms with Crippen molar-refractivity contribution in [1.82, 2.24) is 9.78 Å². The number of fused-ring (bicyclic) bond motifs is 1. The van der Waals surface area contributed by atoms with Crippen molar-refractivity contribution in [3.05, 3.63) is 70.6 Å². The predicted octanol–water partition coefficient (Wildman–Crippen LogP) is 3.38. The molecule has 0 saturated heterocycles. The van der Waals surface area contributed by atoms with Gasteiger partial charge in [-0.05, 0) is 24.6 Å². The summed E-state index contributed by atoms with van der Waals surface area (Å²) in [5, 5.41) is 7.70. The molecule has 0 radical (unpaired) electrons. The minimum atomic E-state index is -0.742. The van der Waals surface area contributed by atoms with E-state index >= 15 is 0 Å². The molecule has 0 aliphatic carbocycles. The zero-order valence-electron chi connectivity index (χ0n) is 16.3. The Bertz CT molecular complexity index is 1060. The van der Waals surface area contributed by atoms with E-state index in [0.717, 1.165) is 19.3 Å². The summed E-state index contributed by atoms with van der Waals surface area (Å²) in [5.74, 6) is -1.20.